The molecule has 0 aromatic carbocycles. The van der Waals surface area contributed by atoms with Gasteiger partial charge in [0.25, 0.3) is 0 Å². The predicted molar refractivity (Wildman–Crippen MR) is 116 cm³/mol. The summed E-state index contributed by atoms with van der Waals surface area (Å²) >= 11 is 5.97. The number of ketones is 1. The van der Waals surface area contributed by atoms with Gasteiger partial charge in [-0.3, -0.25) is 14.8 Å². The number of nitrogens with zero attached hydrogens (tertiary/aromatic N) is 2. The maximum atomic E-state index is 12.0. The number of pyridine rings is 1. The molecule has 0 radical (unpaired) electrons. The van der Waals surface area contributed by atoms with Crippen molar-refractivity contribution in [1.29, 1.82) is 0 Å². The van der Waals surface area contributed by atoms with Crippen molar-refractivity contribution < 1.29 is 4.79 Å². The molecule has 4 aliphatic rings. The molecular weight excluding hydrogens is 364 g/mol. The molecule has 3 fully saturated rings. The van der Waals surface area contributed by atoms with Crippen LogP contribution in [0.25, 0.3) is 0 Å². The second-order valence-electron chi connectivity index (χ2n) is 10.1. The van der Waals surface area contributed by atoms with Gasteiger partial charge in [-0.25, -0.2) is 0 Å². The summed E-state index contributed by atoms with van der Waals surface area (Å²) in [6.07, 6.45) is 9.15. The van der Waals surface area contributed by atoms with Crippen molar-refractivity contribution in [3.8, 4) is 0 Å². The highest BCUT2D eigenvalue weighted by Gasteiger charge is 2.59. The van der Waals surface area contributed by atoms with Crippen molar-refractivity contribution >= 4 is 28.6 Å². The number of Topliss-reactive ketones (excluding diaryl/α,β-unsaturated/α-hetero) is 1. The molecule has 148 valence electrons. The monoisotopic (exact) mass is 394 g/mol. The molecule has 0 saturated heterocycles. The van der Waals surface area contributed by atoms with Gasteiger partial charge in [0.05, 0.1) is 5.69 Å². The number of thiocarbonyl (C=S) groups is 1. The Bertz CT molecular complexity index is 849. The molecular formula is C24H30N2OS. The fourth-order valence-electron chi connectivity index (χ4n) is 7.32. The number of hydrogen-bond acceptors (Lipinski definition) is 4. The topological polar surface area (TPSA) is 42.3 Å². The zero-order valence-electron chi connectivity index (χ0n) is 17.0. The summed E-state index contributed by atoms with van der Waals surface area (Å²) in [6, 6.07) is 6.08. The molecule has 28 heavy (non-hydrogen) atoms. The molecule has 1 unspecified atom stereocenters. The van der Waals surface area contributed by atoms with E-state index in [0.717, 1.165) is 29.9 Å². The first kappa shape index (κ1) is 18.6. The van der Waals surface area contributed by atoms with Gasteiger partial charge in [0.15, 0.2) is 0 Å². The molecule has 1 aromatic rings. The Kier molecular flexibility index (Phi) is 4.35. The molecule has 3 saturated carbocycles. The van der Waals surface area contributed by atoms with Crippen LogP contribution in [0.1, 0.15) is 64.5 Å². The fraction of sp³-hybridized carbons (Fsp3) is 0.667. The summed E-state index contributed by atoms with van der Waals surface area (Å²) in [7, 11) is 0. The van der Waals surface area contributed by atoms with Gasteiger partial charge in [0.2, 0.25) is 0 Å². The van der Waals surface area contributed by atoms with Gasteiger partial charge < -0.3 is 0 Å². The average molecular weight is 395 g/mol. The number of rotatable bonds is 2. The molecule has 3 nitrogen and oxygen atoms in total. The third-order valence-corrected chi connectivity index (χ3v) is 9.42. The average Bonchev–Trinajstić information content (AvgIpc) is 3.06. The van der Waals surface area contributed by atoms with E-state index in [2.05, 4.69) is 24.9 Å². The van der Waals surface area contributed by atoms with Crippen molar-refractivity contribution in [3.63, 3.8) is 0 Å². The van der Waals surface area contributed by atoms with Gasteiger partial charge in [-0.15, -0.1) is 0 Å². The van der Waals surface area contributed by atoms with Crippen LogP contribution in [0.3, 0.4) is 0 Å². The van der Waals surface area contributed by atoms with Gasteiger partial charge in [-0.2, -0.15) is 0 Å². The highest BCUT2D eigenvalue weighted by molar-refractivity contribution is 7.80. The van der Waals surface area contributed by atoms with Crippen LogP contribution in [-0.4, -0.2) is 27.9 Å². The second kappa shape index (κ2) is 6.55. The number of hydrogen-bond donors (Lipinski definition) is 0. The van der Waals surface area contributed by atoms with Crippen LogP contribution < -0.4 is 0 Å². The van der Waals surface area contributed by atoms with Gasteiger partial charge in [0, 0.05) is 47.5 Å². The summed E-state index contributed by atoms with van der Waals surface area (Å²) in [5.41, 5.74) is 2.63. The Balaban J connectivity index is 1.44. The van der Waals surface area contributed by atoms with E-state index in [0.29, 0.717) is 35.9 Å². The standard InChI is InChI=1S/C24H30N2OS/c1-23-11-9-18-16(14-26-21-13-15(27)8-10-24(18,21)2)17(23)6-7-19(23)22(28)20-5-3-4-12-25-20/h3-5,12,16-19H,6-11,13-14H2,1-2H3/t16-,17-,18+,19?,23-,24+/m0/s1. The summed E-state index contributed by atoms with van der Waals surface area (Å²) in [6.45, 7) is 5.82. The lowest BCUT2D eigenvalue weighted by molar-refractivity contribution is -0.120. The first-order chi connectivity index (χ1) is 13.4. The molecule has 4 heteroatoms. The Morgan fingerprint density at radius 2 is 2.00 bits per heavy atom. The molecule has 0 amide bonds. The van der Waals surface area contributed by atoms with E-state index >= 15 is 0 Å². The third kappa shape index (κ3) is 2.59. The van der Waals surface area contributed by atoms with E-state index in [4.69, 9.17) is 17.2 Å². The van der Waals surface area contributed by atoms with Crippen LogP contribution in [0.5, 0.6) is 0 Å². The van der Waals surface area contributed by atoms with Crippen molar-refractivity contribution in [2.75, 3.05) is 6.54 Å². The van der Waals surface area contributed by atoms with E-state index in [1.807, 2.05) is 18.3 Å². The largest absolute Gasteiger partial charge is 0.299 e. The van der Waals surface area contributed by atoms with Crippen LogP contribution >= 0.6 is 12.2 Å². The number of fused-ring (bicyclic) bond motifs is 5. The van der Waals surface area contributed by atoms with E-state index < -0.39 is 0 Å². The zero-order valence-corrected chi connectivity index (χ0v) is 17.8. The molecule has 5 rings (SSSR count). The molecule has 3 aliphatic carbocycles. The first-order valence-electron chi connectivity index (χ1n) is 10.9. The van der Waals surface area contributed by atoms with Gasteiger partial charge >= 0.3 is 0 Å². The number of carbonyl (C=O) groups is 1. The van der Waals surface area contributed by atoms with Crippen molar-refractivity contribution in [1.82, 2.24) is 4.98 Å². The van der Waals surface area contributed by atoms with E-state index in [-0.39, 0.29) is 10.8 Å². The molecule has 6 atom stereocenters. The lowest BCUT2D eigenvalue weighted by Crippen LogP contribution is -2.54. The van der Waals surface area contributed by atoms with Crippen LogP contribution in [0, 0.1) is 34.5 Å². The SMILES string of the molecule is C[C@]12CCC(=O)CC1=NC[C@@H]1[C@H]2CC[C@]2(C)C(C(=S)c3ccccn3)CC[C@@H]12. The predicted octanol–water partition coefficient (Wildman–Crippen LogP) is 5.07. The van der Waals surface area contributed by atoms with Crippen LogP contribution in [0.4, 0.5) is 0 Å². The minimum Gasteiger partial charge on any atom is -0.299 e. The lowest BCUT2D eigenvalue weighted by Gasteiger charge is -2.56. The summed E-state index contributed by atoms with van der Waals surface area (Å²) in [5.74, 6) is 2.87. The highest BCUT2D eigenvalue weighted by Crippen LogP contribution is 2.64. The maximum Gasteiger partial charge on any atom is 0.138 e. The van der Waals surface area contributed by atoms with Crippen molar-refractivity contribution in [2.45, 2.75) is 58.8 Å². The van der Waals surface area contributed by atoms with Crippen molar-refractivity contribution in [3.05, 3.63) is 30.1 Å². The molecule has 0 bridgehead atoms. The molecule has 1 aromatic heterocycles. The Morgan fingerprint density at radius 3 is 2.79 bits per heavy atom. The molecule has 0 N–H and O–H groups in total. The van der Waals surface area contributed by atoms with E-state index in [1.165, 1.54) is 31.4 Å². The Hall–Kier alpha value is -1.42. The lowest BCUT2D eigenvalue weighted by atomic mass is 9.49. The summed E-state index contributed by atoms with van der Waals surface area (Å²) in [5, 5.41) is 0. The van der Waals surface area contributed by atoms with E-state index in [1.54, 1.807) is 0 Å². The Morgan fingerprint density at radius 1 is 1.14 bits per heavy atom. The normalized spacial score (nSPS) is 42.2. The van der Waals surface area contributed by atoms with Crippen LogP contribution in [-0.2, 0) is 4.79 Å². The van der Waals surface area contributed by atoms with Crippen LogP contribution in [0.2, 0.25) is 0 Å². The van der Waals surface area contributed by atoms with Crippen molar-refractivity contribution in [2.24, 2.45) is 39.5 Å². The smallest absolute Gasteiger partial charge is 0.138 e. The number of aromatic nitrogens is 1. The van der Waals surface area contributed by atoms with Gasteiger partial charge in [-0.1, -0.05) is 32.1 Å². The maximum absolute atomic E-state index is 12.0. The van der Waals surface area contributed by atoms with Gasteiger partial charge in [-0.05, 0) is 67.4 Å². The minimum absolute atomic E-state index is 0.151. The quantitative estimate of drug-likeness (QED) is 0.519. The number of aliphatic imine (C=N–C) groups is 1. The summed E-state index contributed by atoms with van der Waals surface area (Å²) < 4.78 is 0. The van der Waals surface area contributed by atoms with E-state index in [9.17, 15) is 4.79 Å². The molecule has 0 spiro atoms. The first-order valence-corrected chi connectivity index (χ1v) is 11.3. The third-order valence-electron chi connectivity index (χ3n) is 8.93. The van der Waals surface area contributed by atoms with Gasteiger partial charge in [0.1, 0.15) is 5.78 Å². The zero-order chi connectivity index (χ0) is 19.5. The summed E-state index contributed by atoms with van der Waals surface area (Å²) in [4.78, 5) is 22.7. The fourth-order valence-corrected chi connectivity index (χ4v) is 7.83. The minimum atomic E-state index is 0.151. The number of carbonyl (C=O) groups excluding carboxylic acids is 1. The second-order valence-corrected chi connectivity index (χ2v) is 10.5. The highest BCUT2D eigenvalue weighted by atomic mass is 32.1. The van der Waals surface area contributed by atoms with Crippen LogP contribution in [0.15, 0.2) is 29.4 Å². The molecule has 2 heterocycles. The molecule has 1 aliphatic heterocycles. The Labute approximate surface area is 173 Å².